The first kappa shape index (κ1) is 15.5. The van der Waals surface area contributed by atoms with E-state index in [9.17, 15) is 0 Å². The first-order valence-electron chi connectivity index (χ1n) is 7.70. The molecule has 0 saturated carbocycles. The third-order valence-corrected chi connectivity index (χ3v) is 4.23. The molecule has 3 nitrogen and oxygen atoms in total. The van der Waals surface area contributed by atoms with Gasteiger partial charge in [-0.2, -0.15) is 0 Å². The van der Waals surface area contributed by atoms with E-state index in [0.29, 0.717) is 6.04 Å². The molecule has 0 aromatic heterocycles. The zero-order chi connectivity index (χ0) is 14.4. The maximum absolute atomic E-state index is 5.26. The molecule has 1 heterocycles. The van der Waals surface area contributed by atoms with Gasteiger partial charge in [-0.3, -0.25) is 4.90 Å². The monoisotopic (exact) mass is 276 g/mol. The Balaban J connectivity index is 1.95. The highest BCUT2D eigenvalue weighted by Gasteiger charge is 2.18. The second-order valence-electron chi connectivity index (χ2n) is 5.94. The zero-order valence-corrected chi connectivity index (χ0v) is 13.1. The minimum Gasteiger partial charge on any atom is -0.383 e. The summed E-state index contributed by atoms with van der Waals surface area (Å²) in [5.74, 6) is 0. The van der Waals surface area contributed by atoms with Gasteiger partial charge in [0.1, 0.15) is 0 Å². The van der Waals surface area contributed by atoms with Crippen LogP contribution in [0.3, 0.4) is 0 Å². The predicted molar refractivity (Wildman–Crippen MR) is 84.1 cm³/mol. The largest absolute Gasteiger partial charge is 0.383 e. The van der Waals surface area contributed by atoms with Gasteiger partial charge in [-0.1, -0.05) is 18.2 Å². The van der Waals surface area contributed by atoms with Gasteiger partial charge in [0.2, 0.25) is 0 Å². The molecule has 0 amide bonds. The van der Waals surface area contributed by atoms with Crippen molar-refractivity contribution in [3.8, 4) is 0 Å². The molecule has 1 N–H and O–H groups in total. The molecule has 1 aliphatic rings. The van der Waals surface area contributed by atoms with Crippen molar-refractivity contribution in [2.24, 2.45) is 0 Å². The van der Waals surface area contributed by atoms with E-state index in [2.05, 4.69) is 42.3 Å². The number of benzene rings is 1. The molecule has 1 aliphatic heterocycles. The maximum atomic E-state index is 5.26. The Morgan fingerprint density at radius 3 is 2.80 bits per heavy atom. The topological polar surface area (TPSA) is 24.5 Å². The Morgan fingerprint density at radius 1 is 1.30 bits per heavy atom. The summed E-state index contributed by atoms with van der Waals surface area (Å²) < 4.78 is 5.26. The van der Waals surface area contributed by atoms with Crippen LogP contribution >= 0.6 is 0 Å². The Hall–Kier alpha value is -0.900. The molecule has 0 bridgehead atoms. The van der Waals surface area contributed by atoms with Gasteiger partial charge in [0.05, 0.1) is 6.61 Å². The van der Waals surface area contributed by atoms with Gasteiger partial charge in [-0.25, -0.2) is 0 Å². The van der Waals surface area contributed by atoms with Crippen molar-refractivity contribution in [1.82, 2.24) is 10.2 Å². The number of rotatable bonds is 7. The van der Waals surface area contributed by atoms with Crippen LogP contribution < -0.4 is 5.32 Å². The maximum Gasteiger partial charge on any atom is 0.0589 e. The van der Waals surface area contributed by atoms with Crippen molar-refractivity contribution in [2.75, 3.05) is 33.4 Å². The molecule has 1 aromatic rings. The molecule has 0 aliphatic carbocycles. The zero-order valence-electron chi connectivity index (χ0n) is 13.1. The van der Waals surface area contributed by atoms with Gasteiger partial charge >= 0.3 is 0 Å². The van der Waals surface area contributed by atoms with Gasteiger partial charge in [0.25, 0.3) is 0 Å². The molecule has 20 heavy (non-hydrogen) atoms. The third kappa shape index (κ3) is 4.58. The number of methoxy groups -OCH3 is 1. The van der Waals surface area contributed by atoms with E-state index in [-0.39, 0.29) is 0 Å². The van der Waals surface area contributed by atoms with Gasteiger partial charge < -0.3 is 10.1 Å². The fourth-order valence-corrected chi connectivity index (χ4v) is 2.84. The summed E-state index contributed by atoms with van der Waals surface area (Å²) in [6, 6.07) is 7.45. The number of nitrogens with one attached hydrogen (secondary N) is 1. The highest BCUT2D eigenvalue weighted by Crippen LogP contribution is 2.14. The van der Waals surface area contributed by atoms with Crippen molar-refractivity contribution in [3.05, 3.63) is 34.9 Å². The summed E-state index contributed by atoms with van der Waals surface area (Å²) in [7, 11) is 1.78. The highest BCUT2D eigenvalue weighted by molar-refractivity contribution is 5.29. The lowest BCUT2D eigenvalue weighted by Crippen LogP contribution is -2.38. The van der Waals surface area contributed by atoms with E-state index < -0.39 is 0 Å². The first-order valence-corrected chi connectivity index (χ1v) is 7.70. The smallest absolute Gasteiger partial charge is 0.0589 e. The van der Waals surface area contributed by atoms with E-state index in [1.807, 2.05) is 0 Å². The summed E-state index contributed by atoms with van der Waals surface area (Å²) in [4.78, 5) is 2.51. The lowest BCUT2D eigenvalue weighted by molar-refractivity contribution is 0.138. The summed E-state index contributed by atoms with van der Waals surface area (Å²) in [6.07, 6.45) is 2.61. The lowest BCUT2D eigenvalue weighted by Gasteiger charge is -2.25. The van der Waals surface area contributed by atoms with E-state index in [0.717, 1.165) is 26.2 Å². The quantitative estimate of drug-likeness (QED) is 0.828. The van der Waals surface area contributed by atoms with Gasteiger partial charge in [-0.15, -0.1) is 0 Å². The molecule has 1 fully saturated rings. The second kappa shape index (κ2) is 7.77. The minimum absolute atomic E-state index is 0.651. The fraction of sp³-hybridized carbons (Fsp3) is 0.647. The highest BCUT2D eigenvalue weighted by atomic mass is 16.5. The average Bonchev–Trinajstić information content (AvgIpc) is 2.93. The Labute approximate surface area is 123 Å². The van der Waals surface area contributed by atoms with Crippen LogP contribution in [0.25, 0.3) is 0 Å². The van der Waals surface area contributed by atoms with Crippen LogP contribution in [0.15, 0.2) is 18.2 Å². The minimum atomic E-state index is 0.651. The van der Waals surface area contributed by atoms with Crippen molar-refractivity contribution >= 4 is 0 Å². The third-order valence-electron chi connectivity index (χ3n) is 4.23. The van der Waals surface area contributed by atoms with E-state index in [4.69, 9.17) is 4.74 Å². The Bertz CT molecular complexity index is 413. The van der Waals surface area contributed by atoms with Crippen LogP contribution in [0.2, 0.25) is 0 Å². The molecule has 2 rings (SSSR count). The van der Waals surface area contributed by atoms with Gasteiger partial charge in [0.15, 0.2) is 0 Å². The van der Waals surface area contributed by atoms with Crippen LogP contribution in [-0.4, -0.2) is 44.3 Å². The van der Waals surface area contributed by atoms with Gasteiger partial charge in [0, 0.05) is 32.8 Å². The lowest BCUT2D eigenvalue weighted by atomic mass is 10.1. The van der Waals surface area contributed by atoms with Crippen LogP contribution in [0, 0.1) is 13.8 Å². The summed E-state index contributed by atoms with van der Waals surface area (Å²) in [6.45, 7) is 9.48. The van der Waals surface area contributed by atoms with Crippen molar-refractivity contribution in [3.63, 3.8) is 0 Å². The van der Waals surface area contributed by atoms with E-state index in [1.54, 1.807) is 7.11 Å². The van der Waals surface area contributed by atoms with Crippen LogP contribution in [0.5, 0.6) is 0 Å². The first-order chi connectivity index (χ1) is 9.69. The molecule has 1 atom stereocenters. The number of hydrogen-bond donors (Lipinski definition) is 1. The normalized spacial score (nSPS) is 18.9. The number of hydrogen-bond acceptors (Lipinski definition) is 3. The van der Waals surface area contributed by atoms with E-state index in [1.165, 1.54) is 36.1 Å². The van der Waals surface area contributed by atoms with Crippen LogP contribution in [-0.2, 0) is 11.3 Å². The predicted octanol–water partition coefficient (Wildman–Crippen LogP) is 2.50. The van der Waals surface area contributed by atoms with Crippen molar-refractivity contribution < 1.29 is 4.74 Å². The molecular formula is C17H28N2O. The van der Waals surface area contributed by atoms with E-state index >= 15 is 0 Å². The standard InChI is InChI=1S/C17H28N2O/c1-14-6-7-16(11-15(14)2)12-19(9-10-20-3)13-17-5-4-8-18-17/h6-7,11,17-18H,4-5,8-10,12-13H2,1-3H3. The van der Waals surface area contributed by atoms with Crippen LogP contribution in [0.1, 0.15) is 29.5 Å². The Kier molecular flexibility index (Phi) is 6.02. The number of nitrogens with zero attached hydrogens (tertiary/aromatic N) is 1. The summed E-state index contributed by atoms with van der Waals surface area (Å²) in [5.41, 5.74) is 4.16. The molecule has 1 saturated heterocycles. The fourth-order valence-electron chi connectivity index (χ4n) is 2.84. The van der Waals surface area contributed by atoms with Crippen molar-refractivity contribution in [2.45, 2.75) is 39.3 Å². The molecule has 112 valence electrons. The SMILES string of the molecule is COCCN(Cc1ccc(C)c(C)c1)CC1CCCN1. The molecule has 1 aromatic carbocycles. The van der Waals surface area contributed by atoms with Crippen molar-refractivity contribution in [1.29, 1.82) is 0 Å². The molecule has 0 radical (unpaired) electrons. The number of ether oxygens (including phenoxy) is 1. The Morgan fingerprint density at radius 2 is 2.15 bits per heavy atom. The number of aryl methyl sites for hydroxylation is 2. The molecule has 0 spiro atoms. The molecular weight excluding hydrogens is 248 g/mol. The van der Waals surface area contributed by atoms with Crippen LogP contribution in [0.4, 0.5) is 0 Å². The summed E-state index contributed by atoms with van der Waals surface area (Å²) in [5, 5.41) is 3.59. The second-order valence-corrected chi connectivity index (χ2v) is 5.94. The molecule has 3 heteroatoms. The molecule has 1 unspecified atom stereocenters. The summed E-state index contributed by atoms with van der Waals surface area (Å²) >= 11 is 0. The van der Waals surface area contributed by atoms with Gasteiger partial charge in [-0.05, 0) is 49.9 Å². The average molecular weight is 276 g/mol.